The highest BCUT2D eigenvalue weighted by Gasteiger charge is 2.48. The predicted octanol–water partition coefficient (Wildman–Crippen LogP) is 4.52. The quantitative estimate of drug-likeness (QED) is 0.254. The molecule has 3 aliphatic heterocycles. The van der Waals surface area contributed by atoms with Crippen molar-refractivity contribution in [2.45, 2.75) is 94.7 Å². The van der Waals surface area contributed by atoms with Crippen molar-refractivity contribution in [3.63, 3.8) is 0 Å². The minimum absolute atomic E-state index is 0.0493. The summed E-state index contributed by atoms with van der Waals surface area (Å²) in [6.45, 7) is 5.11. The standard InChI is InChI=1S/C39H43N11O3/c1-22(30-8-5-15-47(30)2)50-37-28(19-42-50)36(49-20-24-11-16-48(25-12-17-52-21-25)38(51)32(24)45-49)43-35(44-37)33-26-7-4-14-39(34(26)53-46-33)13-3-6-23-9-10-29(41)27(18-40)31(23)39/h9-10,19-20,22,25,30H,3-8,11-17,21,41H2,1-2H3/t22-,25-,30-,39+/m0/s1. The van der Waals surface area contributed by atoms with Crippen LogP contribution >= 0.6 is 0 Å². The fourth-order valence-electron chi connectivity index (χ4n) is 10.2. The highest BCUT2D eigenvalue weighted by atomic mass is 16.5. The molecule has 10 rings (SSSR count). The molecule has 14 nitrogen and oxygen atoms in total. The van der Waals surface area contributed by atoms with Crippen molar-refractivity contribution in [1.82, 2.24) is 44.5 Å². The molecule has 2 fully saturated rings. The molecule has 5 aromatic rings. The molecular weight excluding hydrogens is 671 g/mol. The number of nitrogen functional groups attached to an aromatic ring is 1. The molecule has 0 saturated carbocycles. The second kappa shape index (κ2) is 12.2. The minimum atomic E-state index is -0.499. The fourth-order valence-corrected chi connectivity index (χ4v) is 10.2. The zero-order valence-electron chi connectivity index (χ0n) is 30.2. The number of anilines is 1. The Morgan fingerprint density at radius 1 is 1.06 bits per heavy atom. The number of carbonyl (C=O) groups is 1. The minimum Gasteiger partial charge on any atom is -0.398 e. The number of benzene rings is 1. The molecule has 53 heavy (non-hydrogen) atoms. The number of rotatable bonds is 5. The van der Waals surface area contributed by atoms with Crippen LogP contribution in [0.15, 0.2) is 29.0 Å². The normalized spacial score (nSPS) is 24.8. The van der Waals surface area contributed by atoms with E-state index in [-0.39, 0.29) is 18.0 Å². The zero-order valence-corrected chi connectivity index (χ0v) is 30.2. The second-order valence-corrected chi connectivity index (χ2v) is 15.6. The van der Waals surface area contributed by atoms with Crippen molar-refractivity contribution >= 4 is 22.6 Å². The van der Waals surface area contributed by atoms with E-state index < -0.39 is 5.41 Å². The van der Waals surface area contributed by atoms with Crippen LogP contribution in [-0.2, 0) is 29.4 Å². The first-order valence-electron chi connectivity index (χ1n) is 19.1. The van der Waals surface area contributed by atoms with Crippen LogP contribution in [0.2, 0.25) is 0 Å². The maximum absolute atomic E-state index is 13.8. The summed E-state index contributed by atoms with van der Waals surface area (Å²) in [5.74, 6) is 1.70. The molecule has 5 aliphatic rings. The number of nitrogens with two attached hydrogens (primary N) is 1. The lowest BCUT2D eigenvalue weighted by Gasteiger charge is -2.41. The summed E-state index contributed by atoms with van der Waals surface area (Å²) in [5.41, 5.74) is 12.7. The van der Waals surface area contributed by atoms with E-state index in [1.807, 2.05) is 28.0 Å². The van der Waals surface area contributed by atoms with E-state index in [0.717, 1.165) is 97.7 Å². The van der Waals surface area contributed by atoms with Gasteiger partial charge in [0.1, 0.15) is 6.07 Å². The first-order valence-corrected chi connectivity index (χ1v) is 19.1. The van der Waals surface area contributed by atoms with Crippen LogP contribution in [-0.4, -0.2) is 95.8 Å². The monoisotopic (exact) mass is 713 g/mol. The number of hydrogen-bond donors (Lipinski definition) is 1. The Morgan fingerprint density at radius 2 is 1.92 bits per heavy atom. The summed E-state index contributed by atoms with van der Waals surface area (Å²) in [7, 11) is 2.17. The number of hydrogen-bond acceptors (Lipinski definition) is 11. The van der Waals surface area contributed by atoms with Gasteiger partial charge < -0.3 is 24.8 Å². The van der Waals surface area contributed by atoms with Crippen LogP contribution in [0.25, 0.3) is 28.4 Å². The van der Waals surface area contributed by atoms with Crippen LogP contribution in [0.4, 0.5) is 5.69 Å². The van der Waals surface area contributed by atoms with Crippen LogP contribution in [0.5, 0.6) is 0 Å². The van der Waals surface area contributed by atoms with E-state index >= 15 is 0 Å². The van der Waals surface area contributed by atoms with Crippen molar-refractivity contribution in [3.05, 3.63) is 63.8 Å². The molecule has 272 valence electrons. The van der Waals surface area contributed by atoms with Crippen LogP contribution in [0, 0.1) is 11.3 Å². The molecule has 2 N–H and O–H groups in total. The lowest BCUT2D eigenvalue weighted by Crippen LogP contribution is -2.45. The molecular formula is C39H43N11O3. The first kappa shape index (κ1) is 32.5. The lowest BCUT2D eigenvalue weighted by atomic mass is 9.61. The van der Waals surface area contributed by atoms with Crippen molar-refractivity contribution in [2.75, 3.05) is 39.1 Å². The molecule has 4 atom stereocenters. The molecule has 7 heterocycles. The lowest BCUT2D eigenvalue weighted by molar-refractivity contribution is 0.0629. The number of aromatic nitrogens is 7. The smallest absolute Gasteiger partial charge is 0.274 e. The van der Waals surface area contributed by atoms with Gasteiger partial charge in [0.25, 0.3) is 5.91 Å². The molecule has 0 unspecified atom stereocenters. The van der Waals surface area contributed by atoms with Gasteiger partial charge in [0, 0.05) is 42.2 Å². The Hall–Kier alpha value is -5.13. The van der Waals surface area contributed by atoms with Gasteiger partial charge in [-0.2, -0.15) is 15.5 Å². The van der Waals surface area contributed by atoms with Gasteiger partial charge in [0.15, 0.2) is 34.4 Å². The molecule has 2 aliphatic carbocycles. The van der Waals surface area contributed by atoms with Crippen molar-refractivity contribution < 1.29 is 14.1 Å². The number of likely N-dealkylation sites (tertiary alicyclic amines) is 1. The largest absolute Gasteiger partial charge is 0.398 e. The predicted molar refractivity (Wildman–Crippen MR) is 194 cm³/mol. The van der Waals surface area contributed by atoms with Crippen molar-refractivity contribution in [3.8, 4) is 23.4 Å². The Kier molecular flexibility index (Phi) is 7.49. The van der Waals surface area contributed by atoms with Crippen molar-refractivity contribution in [1.29, 1.82) is 5.26 Å². The molecule has 0 radical (unpaired) electrons. The van der Waals surface area contributed by atoms with E-state index in [9.17, 15) is 10.1 Å². The SMILES string of the molecule is C[C@@H]([C@@H]1CCCN1C)n1ncc2c(-n3cc4c(n3)C(=O)N([C@H]3CCOC3)CC4)nc(-c3noc4c3CCC[C@@]43CCCc4ccc(N)c(C#N)c43)nc21. The average molecular weight is 714 g/mol. The van der Waals surface area contributed by atoms with Gasteiger partial charge in [-0.05, 0) is 102 Å². The van der Waals surface area contributed by atoms with Gasteiger partial charge in [0.05, 0.1) is 41.3 Å². The van der Waals surface area contributed by atoms with Gasteiger partial charge in [-0.15, -0.1) is 0 Å². The summed E-state index contributed by atoms with van der Waals surface area (Å²) in [6, 6.07) is 6.78. The Labute approximate surface area is 306 Å². The number of fused-ring (bicyclic) bond motifs is 6. The van der Waals surface area contributed by atoms with Crippen LogP contribution in [0.1, 0.15) is 102 Å². The third kappa shape index (κ3) is 4.82. The molecule has 0 bridgehead atoms. The maximum atomic E-state index is 13.8. The third-order valence-electron chi connectivity index (χ3n) is 12.8. The van der Waals surface area contributed by atoms with E-state index in [2.05, 4.69) is 31.0 Å². The highest BCUT2D eigenvalue weighted by molar-refractivity contribution is 5.95. The molecule has 2 saturated heterocycles. The van der Waals surface area contributed by atoms with E-state index in [1.165, 1.54) is 0 Å². The zero-order chi connectivity index (χ0) is 36.0. The van der Waals surface area contributed by atoms with Gasteiger partial charge >= 0.3 is 0 Å². The number of nitrogens with zero attached hydrogens (tertiary/aromatic N) is 10. The maximum Gasteiger partial charge on any atom is 0.274 e. The number of amides is 1. The third-order valence-corrected chi connectivity index (χ3v) is 12.8. The van der Waals surface area contributed by atoms with E-state index in [0.29, 0.717) is 72.1 Å². The number of nitriles is 1. The van der Waals surface area contributed by atoms with Crippen molar-refractivity contribution in [2.24, 2.45) is 0 Å². The summed E-state index contributed by atoms with van der Waals surface area (Å²) in [6.07, 6.45) is 12.7. The molecule has 1 amide bonds. The van der Waals surface area contributed by atoms with E-state index in [4.69, 9.17) is 40.3 Å². The summed E-state index contributed by atoms with van der Waals surface area (Å²) in [5, 5.41) is 25.6. The van der Waals surface area contributed by atoms with Gasteiger partial charge in [0.2, 0.25) is 0 Å². The number of ether oxygens (including phenoxy) is 1. The molecule has 1 aromatic carbocycles. The fraction of sp³-hybridized carbons (Fsp3) is 0.513. The Balaban J connectivity index is 1.13. The average Bonchev–Trinajstić information content (AvgIpc) is 4.02. The summed E-state index contributed by atoms with van der Waals surface area (Å²) < 4.78 is 15.7. The summed E-state index contributed by atoms with van der Waals surface area (Å²) >= 11 is 0. The molecule has 1 spiro atoms. The van der Waals surface area contributed by atoms with E-state index in [1.54, 1.807) is 4.68 Å². The molecule has 14 heteroatoms. The topological polar surface area (TPSA) is 170 Å². The number of likely N-dealkylation sites (N-methyl/N-ethyl adjacent to an activating group) is 1. The molecule has 4 aromatic heterocycles. The number of aryl methyl sites for hydroxylation is 1. The Bertz CT molecular complexity index is 2320. The Morgan fingerprint density at radius 3 is 2.72 bits per heavy atom. The second-order valence-electron chi connectivity index (χ2n) is 15.6. The highest BCUT2D eigenvalue weighted by Crippen LogP contribution is 2.53. The van der Waals surface area contributed by atoms with Crippen LogP contribution in [0.3, 0.4) is 0 Å². The van der Waals surface area contributed by atoms with Crippen LogP contribution < -0.4 is 5.73 Å². The summed E-state index contributed by atoms with van der Waals surface area (Å²) in [4.78, 5) is 28.5. The van der Waals surface area contributed by atoms with Gasteiger partial charge in [-0.1, -0.05) is 11.2 Å². The first-order chi connectivity index (χ1) is 25.9. The van der Waals surface area contributed by atoms with Gasteiger partial charge in [-0.25, -0.2) is 19.3 Å². The van der Waals surface area contributed by atoms with Gasteiger partial charge in [-0.3, -0.25) is 4.79 Å². The number of carbonyl (C=O) groups excluding carboxylic acids is 1.